The minimum Gasteiger partial charge on any atom is -0.497 e. The summed E-state index contributed by atoms with van der Waals surface area (Å²) in [5.74, 6) is 0.502. The molecule has 0 amide bonds. The first-order valence-corrected chi connectivity index (χ1v) is 7.24. The zero-order chi connectivity index (χ0) is 19.5. The van der Waals surface area contributed by atoms with E-state index in [1.54, 1.807) is 0 Å². The van der Waals surface area contributed by atoms with Gasteiger partial charge in [-0.2, -0.15) is 26.3 Å². The number of hydrogen-bond donors (Lipinski definition) is 0. The monoisotopic (exact) mass is 376 g/mol. The Kier molecular flexibility index (Phi) is 5.53. The highest BCUT2D eigenvalue weighted by molar-refractivity contribution is 5.85. The molecule has 2 nitrogen and oxygen atoms in total. The van der Waals surface area contributed by atoms with Crippen LogP contribution in [0.15, 0.2) is 42.5 Å². The number of methoxy groups -OCH3 is 2. The number of hydrogen-bond acceptors (Lipinski definition) is 2. The van der Waals surface area contributed by atoms with Crippen molar-refractivity contribution in [2.75, 3.05) is 14.2 Å². The summed E-state index contributed by atoms with van der Waals surface area (Å²) in [7, 11) is 2.67. The predicted molar refractivity (Wildman–Crippen MR) is 84.9 cm³/mol. The topological polar surface area (TPSA) is 18.5 Å². The van der Waals surface area contributed by atoms with Gasteiger partial charge in [-0.15, -0.1) is 0 Å². The molecule has 2 rings (SSSR count). The van der Waals surface area contributed by atoms with E-state index < -0.39 is 29.1 Å². The fourth-order valence-corrected chi connectivity index (χ4v) is 2.27. The molecule has 0 saturated carbocycles. The highest BCUT2D eigenvalue weighted by Gasteiger charge is 2.37. The van der Waals surface area contributed by atoms with Crippen LogP contribution < -0.4 is 9.47 Å². The van der Waals surface area contributed by atoms with Gasteiger partial charge in [0.1, 0.15) is 11.5 Å². The van der Waals surface area contributed by atoms with Crippen molar-refractivity contribution >= 4 is 11.6 Å². The van der Waals surface area contributed by atoms with Crippen LogP contribution in [0.3, 0.4) is 0 Å². The molecule has 0 fully saturated rings. The van der Waals surface area contributed by atoms with Gasteiger partial charge in [-0.25, -0.2) is 0 Å². The van der Waals surface area contributed by atoms with E-state index in [0.29, 0.717) is 12.1 Å². The fourth-order valence-electron chi connectivity index (χ4n) is 2.27. The van der Waals surface area contributed by atoms with Crippen molar-refractivity contribution in [3.8, 4) is 11.5 Å². The van der Waals surface area contributed by atoms with E-state index in [4.69, 9.17) is 9.47 Å². The summed E-state index contributed by atoms with van der Waals surface area (Å²) in [6.45, 7) is 0. The Morgan fingerprint density at radius 3 is 1.88 bits per heavy atom. The Bertz CT molecular complexity index is 784. The fraction of sp³-hybridized carbons (Fsp3) is 0.222. The second-order valence-electron chi connectivity index (χ2n) is 5.28. The van der Waals surface area contributed by atoms with E-state index in [0.717, 1.165) is 18.2 Å². The average Bonchev–Trinajstić information content (AvgIpc) is 2.57. The lowest BCUT2D eigenvalue weighted by Crippen LogP contribution is -2.12. The molecule has 0 spiro atoms. The lowest BCUT2D eigenvalue weighted by molar-refractivity contribution is -0.137. The Labute approximate surface area is 145 Å². The number of ether oxygens (including phenoxy) is 2. The van der Waals surface area contributed by atoms with Gasteiger partial charge in [0.2, 0.25) is 0 Å². The third-order valence-corrected chi connectivity index (χ3v) is 3.49. The number of halogens is 6. The highest BCUT2D eigenvalue weighted by atomic mass is 19.4. The van der Waals surface area contributed by atoms with Gasteiger partial charge in [-0.05, 0) is 41.5 Å². The van der Waals surface area contributed by atoms with Gasteiger partial charge >= 0.3 is 12.4 Å². The van der Waals surface area contributed by atoms with Crippen molar-refractivity contribution in [3.63, 3.8) is 0 Å². The minimum atomic E-state index is -4.86. The van der Waals surface area contributed by atoms with Crippen LogP contribution in [-0.4, -0.2) is 20.4 Å². The van der Waals surface area contributed by atoms with E-state index in [9.17, 15) is 26.3 Å². The standard InChI is InChI=1S/C18H14F6O2/c1-25-14-6-11(7-15(10-14)26-2)8-16(18(22,23)24)12-4-3-5-13(9-12)17(19,20)21/h3-10H,1-2H3/b16-8-. The number of alkyl halides is 6. The molecule has 140 valence electrons. The summed E-state index contributed by atoms with van der Waals surface area (Å²) in [5.41, 5.74) is -2.88. The van der Waals surface area contributed by atoms with E-state index >= 15 is 0 Å². The largest absolute Gasteiger partial charge is 0.497 e. The molecular weight excluding hydrogens is 362 g/mol. The molecule has 0 heterocycles. The lowest BCUT2D eigenvalue weighted by Gasteiger charge is -2.15. The normalized spacial score (nSPS) is 12.8. The van der Waals surface area contributed by atoms with E-state index in [1.807, 2.05) is 0 Å². The van der Waals surface area contributed by atoms with Gasteiger partial charge in [0.15, 0.2) is 0 Å². The maximum atomic E-state index is 13.5. The van der Waals surface area contributed by atoms with Gasteiger partial charge in [-0.3, -0.25) is 0 Å². The smallest absolute Gasteiger partial charge is 0.417 e. The van der Waals surface area contributed by atoms with Crippen LogP contribution in [0.5, 0.6) is 11.5 Å². The Morgan fingerprint density at radius 2 is 1.42 bits per heavy atom. The summed E-state index contributed by atoms with van der Waals surface area (Å²) in [4.78, 5) is 0. The molecule has 0 bridgehead atoms. The molecule has 0 radical (unpaired) electrons. The van der Waals surface area contributed by atoms with Crippen molar-refractivity contribution in [2.45, 2.75) is 12.4 Å². The third-order valence-electron chi connectivity index (χ3n) is 3.49. The Hall–Kier alpha value is -2.64. The second kappa shape index (κ2) is 7.31. The van der Waals surface area contributed by atoms with Gasteiger partial charge in [0.25, 0.3) is 0 Å². The van der Waals surface area contributed by atoms with Crippen molar-refractivity contribution in [1.82, 2.24) is 0 Å². The molecule has 0 atom stereocenters. The average molecular weight is 376 g/mol. The molecule has 0 aromatic heterocycles. The molecule has 0 N–H and O–H groups in total. The summed E-state index contributed by atoms with van der Waals surface area (Å²) in [6, 6.07) is 7.21. The van der Waals surface area contributed by atoms with Crippen LogP contribution in [0.4, 0.5) is 26.3 Å². The Morgan fingerprint density at radius 1 is 0.846 bits per heavy atom. The molecule has 26 heavy (non-hydrogen) atoms. The van der Waals surface area contributed by atoms with Crippen LogP contribution in [0.1, 0.15) is 16.7 Å². The van der Waals surface area contributed by atoms with Gasteiger partial charge in [0.05, 0.1) is 25.4 Å². The van der Waals surface area contributed by atoms with Gasteiger partial charge < -0.3 is 9.47 Å². The summed E-state index contributed by atoms with van der Waals surface area (Å²) >= 11 is 0. The van der Waals surface area contributed by atoms with Crippen molar-refractivity contribution in [3.05, 3.63) is 59.2 Å². The summed E-state index contributed by atoms with van der Waals surface area (Å²) in [5, 5.41) is 0. The van der Waals surface area contributed by atoms with Crippen molar-refractivity contribution in [1.29, 1.82) is 0 Å². The van der Waals surface area contributed by atoms with Crippen LogP contribution in [0.25, 0.3) is 11.6 Å². The van der Waals surface area contributed by atoms with Crippen molar-refractivity contribution in [2.24, 2.45) is 0 Å². The summed E-state index contributed by atoms with van der Waals surface area (Å²) < 4.78 is 88.9. The Balaban J connectivity index is 2.62. The molecule has 2 aromatic rings. The van der Waals surface area contributed by atoms with Crippen LogP contribution >= 0.6 is 0 Å². The molecule has 0 unspecified atom stereocenters. The number of allylic oxidation sites excluding steroid dienone is 1. The maximum absolute atomic E-state index is 13.5. The van der Waals surface area contributed by atoms with Gasteiger partial charge in [0, 0.05) is 6.07 Å². The number of rotatable bonds is 4. The van der Waals surface area contributed by atoms with E-state index in [1.165, 1.54) is 32.4 Å². The van der Waals surface area contributed by atoms with Crippen LogP contribution in [0, 0.1) is 0 Å². The lowest BCUT2D eigenvalue weighted by atomic mass is 9.99. The van der Waals surface area contributed by atoms with Crippen molar-refractivity contribution < 1.29 is 35.8 Å². The van der Waals surface area contributed by atoms with Crippen LogP contribution in [0.2, 0.25) is 0 Å². The van der Waals surface area contributed by atoms with Crippen LogP contribution in [-0.2, 0) is 6.18 Å². The minimum absolute atomic E-state index is 0.0749. The second-order valence-corrected chi connectivity index (χ2v) is 5.28. The first-order valence-electron chi connectivity index (χ1n) is 7.24. The zero-order valence-electron chi connectivity index (χ0n) is 13.7. The first-order chi connectivity index (χ1) is 12.0. The molecule has 0 aliphatic heterocycles. The predicted octanol–water partition coefficient (Wildman–Crippen LogP) is 5.83. The molecule has 0 aliphatic rings. The molecule has 0 saturated heterocycles. The summed E-state index contributed by atoms with van der Waals surface area (Å²) in [6.07, 6.45) is -8.85. The quantitative estimate of drug-likeness (QED) is 0.494. The molecular formula is C18H14F6O2. The van der Waals surface area contributed by atoms with E-state index in [-0.39, 0.29) is 17.1 Å². The third kappa shape index (κ3) is 4.71. The number of benzene rings is 2. The maximum Gasteiger partial charge on any atom is 0.417 e. The molecule has 8 heteroatoms. The van der Waals surface area contributed by atoms with E-state index in [2.05, 4.69) is 0 Å². The molecule has 2 aromatic carbocycles. The zero-order valence-corrected chi connectivity index (χ0v) is 13.7. The molecule has 0 aliphatic carbocycles. The highest BCUT2D eigenvalue weighted by Crippen LogP contribution is 2.39. The van der Waals surface area contributed by atoms with Gasteiger partial charge in [-0.1, -0.05) is 12.1 Å². The first kappa shape index (κ1) is 19.7. The SMILES string of the molecule is COc1cc(/C=C(/c2cccc(C(F)(F)F)c2)C(F)(F)F)cc(OC)c1.